The second-order valence-electron chi connectivity index (χ2n) is 7.28. The van der Waals surface area contributed by atoms with Crippen molar-refractivity contribution in [3.8, 4) is 5.75 Å². The van der Waals surface area contributed by atoms with E-state index in [0.717, 1.165) is 4.88 Å². The zero-order valence-corrected chi connectivity index (χ0v) is 17.2. The van der Waals surface area contributed by atoms with Gasteiger partial charge in [0.15, 0.2) is 0 Å². The van der Waals surface area contributed by atoms with Gasteiger partial charge in [0.2, 0.25) is 11.8 Å². The number of nitrogens with one attached hydrogen (secondary N) is 1. The van der Waals surface area contributed by atoms with Crippen LogP contribution in [0.2, 0.25) is 0 Å². The minimum Gasteiger partial charge on any atom is -0.497 e. The molecule has 4 atom stereocenters. The Morgan fingerprint density at radius 2 is 2.03 bits per heavy atom. The first-order chi connectivity index (χ1) is 13.9. The Labute approximate surface area is 172 Å². The largest absolute Gasteiger partial charge is 0.497 e. The number of rotatable bonds is 5. The lowest BCUT2D eigenvalue weighted by Crippen LogP contribution is -2.54. The summed E-state index contributed by atoms with van der Waals surface area (Å²) in [5.41, 5.74) is -0.861. The normalized spacial score (nSPS) is 28.5. The van der Waals surface area contributed by atoms with Crippen molar-refractivity contribution in [1.82, 2.24) is 5.32 Å². The van der Waals surface area contributed by atoms with Gasteiger partial charge in [0.1, 0.15) is 11.3 Å². The highest BCUT2D eigenvalue weighted by atomic mass is 32.1. The Morgan fingerprint density at radius 3 is 2.69 bits per heavy atom. The molecule has 1 N–H and O–H groups in total. The van der Waals surface area contributed by atoms with Crippen LogP contribution >= 0.6 is 11.3 Å². The zero-order valence-electron chi connectivity index (χ0n) is 16.4. The number of amides is 2. The van der Waals surface area contributed by atoms with Crippen molar-refractivity contribution in [2.45, 2.75) is 25.4 Å². The fourth-order valence-electron chi connectivity index (χ4n) is 4.32. The molecule has 0 bridgehead atoms. The summed E-state index contributed by atoms with van der Waals surface area (Å²) in [5, 5.41) is 5.16. The van der Waals surface area contributed by atoms with Gasteiger partial charge in [0.25, 0.3) is 0 Å². The summed E-state index contributed by atoms with van der Waals surface area (Å²) in [6.07, 6.45) is 0. The first-order valence-electron chi connectivity index (χ1n) is 9.42. The van der Waals surface area contributed by atoms with Crippen LogP contribution in [0.5, 0.6) is 5.75 Å². The number of nitrogens with zero attached hydrogens (tertiary/aromatic N) is 1. The molecule has 0 saturated carbocycles. The summed E-state index contributed by atoms with van der Waals surface area (Å²) in [7, 11) is 1.52. The first kappa shape index (κ1) is 19.6. The molecule has 2 aliphatic rings. The maximum atomic E-state index is 13.5. The van der Waals surface area contributed by atoms with Crippen molar-refractivity contribution in [3.05, 3.63) is 46.7 Å². The summed E-state index contributed by atoms with van der Waals surface area (Å²) in [4.78, 5) is 41.8. The highest BCUT2D eigenvalue weighted by Crippen LogP contribution is 2.50. The Kier molecular flexibility index (Phi) is 4.92. The number of benzene rings is 1. The molecule has 1 aromatic heterocycles. The quantitative estimate of drug-likeness (QED) is 0.598. The van der Waals surface area contributed by atoms with Gasteiger partial charge < -0.3 is 9.47 Å². The molecule has 2 saturated heterocycles. The maximum absolute atomic E-state index is 13.5. The van der Waals surface area contributed by atoms with Crippen LogP contribution < -0.4 is 15.0 Å². The van der Waals surface area contributed by atoms with Crippen LogP contribution in [0.15, 0.2) is 41.8 Å². The number of fused-ring (bicyclic) bond motifs is 1. The summed E-state index contributed by atoms with van der Waals surface area (Å²) in [5.74, 6) is -2.26. The molecule has 7 nitrogen and oxygen atoms in total. The van der Waals surface area contributed by atoms with E-state index < -0.39 is 35.3 Å². The number of ether oxygens (including phenoxy) is 2. The Balaban J connectivity index is 1.80. The van der Waals surface area contributed by atoms with E-state index >= 15 is 0 Å². The standard InChI is InChI=1S/C21H22N2O5S/c1-4-28-20(26)21(2)16-15(17(22-21)14-9-6-10-29-14)18(24)23(19(16)25)12-7-5-8-13(11-12)27-3/h5-11,15-17,22H,4H2,1-3H3/t15-,16+,17-,21-/m1/s1. The third-order valence-electron chi connectivity index (χ3n) is 5.65. The van der Waals surface area contributed by atoms with E-state index in [-0.39, 0.29) is 12.5 Å². The zero-order chi connectivity index (χ0) is 20.8. The Bertz CT molecular complexity index is 960. The predicted molar refractivity (Wildman–Crippen MR) is 108 cm³/mol. The van der Waals surface area contributed by atoms with Crippen molar-refractivity contribution in [2.75, 3.05) is 18.6 Å². The lowest BCUT2D eigenvalue weighted by molar-refractivity contribution is -0.153. The van der Waals surface area contributed by atoms with Gasteiger partial charge in [0, 0.05) is 10.9 Å². The van der Waals surface area contributed by atoms with E-state index in [1.54, 1.807) is 38.1 Å². The average molecular weight is 414 g/mol. The molecule has 3 heterocycles. The maximum Gasteiger partial charge on any atom is 0.326 e. The molecule has 8 heteroatoms. The third kappa shape index (κ3) is 2.94. The predicted octanol–water partition coefficient (Wildman–Crippen LogP) is 2.53. The first-order valence-corrected chi connectivity index (χ1v) is 10.3. The van der Waals surface area contributed by atoms with Crippen molar-refractivity contribution >= 4 is 34.8 Å². The van der Waals surface area contributed by atoms with Gasteiger partial charge >= 0.3 is 5.97 Å². The number of hydrogen-bond acceptors (Lipinski definition) is 7. The minimum absolute atomic E-state index is 0.193. The number of thiophene rings is 1. The second-order valence-corrected chi connectivity index (χ2v) is 8.26. The third-order valence-corrected chi connectivity index (χ3v) is 6.60. The molecule has 0 aliphatic carbocycles. The van der Waals surface area contributed by atoms with Crippen LogP contribution in [-0.2, 0) is 19.1 Å². The van der Waals surface area contributed by atoms with E-state index in [4.69, 9.17) is 9.47 Å². The number of carbonyl (C=O) groups is 3. The summed E-state index contributed by atoms with van der Waals surface area (Å²) < 4.78 is 10.5. The number of hydrogen-bond donors (Lipinski definition) is 1. The van der Waals surface area contributed by atoms with Crippen molar-refractivity contribution < 1.29 is 23.9 Å². The lowest BCUT2D eigenvalue weighted by atomic mass is 9.81. The van der Waals surface area contributed by atoms with Crippen LogP contribution in [-0.4, -0.2) is 37.0 Å². The SMILES string of the molecule is CCOC(=O)[C@]1(C)N[C@H](c2cccs2)[C@@H]2C(=O)N(c3cccc(OC)c3)C(=O)[C@H]21. The molecule has 2 amide bonds. The molecular formula is C21H22N2O5S. The molecule has 2 aliphatic heterocycles. The molecule has 1 aromatic carbocycles. The highest BCUT2D eigenvalue weighted by molar-refractivity contribution is 7.10. The van der Waals surface area contributed by atoms with Crippen molar-refractivity contribution in [3.63, 3.8) is 0 Å². The number of esters is 1. The monoisotopic (exact) mass is 414 g/mol. The number of methoxy groups -OCH3 is 1. The second kappa shape index (κ2) is 7.27. The van der Waals surface area contributed by atoms with Gasteiger partial charge in [-0.2, -0.15) is 0 Å². The molecule has 0 spiro atoms. The minimum atomic E-state index is -1.30. The average Bonchev–Trinajstić information content (AvgIpc) is 3.40. The summed E-state index contributed by atoms with van der Waals surface area (Å²) in [6.45, 7) is 3.56. The van der Waals surface area contributed by atoms with Crippen molar-refractivity contribution in [2.24, 2.45) is 11.8 Å². The van der Waals surface area contributed by atoms with Crippen molar-refractivity contribution in [1.29, 1.82) is 0 Å². The molecule has 0 radical (unpaired) electrons. The van der Waals surface area contributed by atoms with E-state index in [0.29, 0.717) is 11.4 Å². The molecule has 0 unspecified atom stereocenters. The van der Waals surface area contributed by atoms with Gasteiger partial charge in [-0.25, -0.2) is 4.90 Å². The Morgan fingerprint density at radius 1 is 1.24 bits per heavy atom. The van der Waals surface area contributed by atoms with Crippen LogP contribution in [0.3, 0.4) is 0 Å². The van der Waals surface area contributed by atoms with E-state index in [9.17, 15) is 14.4 Å². The molecule has 4 rings (SSSR count). The molecule has 29 heavy (non-hydrogen) atoms. The van der Waals surface area contributed by atoms with Gasteiger partial charge in [0.05, 0.1) is 37.3 Å². The lowest BCUT2D eigenvalue weighted by Gasteiger charge is -2.29. The van der Waals surface area contributed by atoms with E-state index in [1.807, 2.05) is 17.5 Å². The number of carbonyl (C=O) groups excluding carboxylic acids is 3. The van der Waals surface area contributed by atoms with Gasteiger partial charge in [-0.1, -0.05) is 12.1 Å². The Hall–Kier alpha value is -2.71. The van der Waals surface area contributed by atoms with Crippen LogP contribution in [0, 0.1) is 11.8 Å². The number of imide groups is 1. The van der Waals surface area contributed by atoms with Crippen LogP contribution in [0.25, 0.3) is 0 Å². The molecule has 152 valence electrons. The smallest absolute Gasteiger partial charge is 0.326 e. The van der Waals surface area contributed by atoms with Gasteiger partial charge in [-0.15, -0.1) is 11.3 Å². The highest BCUT2D eigenvalue weighted by Gasteiger charge is 2.67. The molecule has 2 aromatic rings. The topological polar surface area (TPSA) is 84.9 Å². The summed E-state index contributed by atoms with van der Waals surface area (Å²) >= 11 is 1.48. The molecular weight excluding hydrogens is 392 g/mol. The van der Waals surface area contributed by atoms with Gasteiger partial charge in [-0.05, 0) is 37.4 Å². The fraction of sp³-hybridized carbons (Fsp3) is 0.381. The van der Waals surface area contributed by atoms with E-state index in [2.05, 4.69) is 5.32 Å². The molecule has 2 fully saturated rings. The fourth-order valence-corrected chi connectivity index (χ4v) is 5.15. The number of anilines is 1. The van der Waals surface area contributed by atoms with Crippen LogP contribution in [0.4, 0.5) is 5.69 Å². The van der Waals surface area contributed by atoms with Crippen LogP contribution in [0.1, 0.15) is 24.8 Å². The summed E-state index contributed by atoms with van der Waals surface area (Å²) in [6, 6.07) is 10.2. The van der Waals surface area contributed by atoms with Gasteiger partial charge in [-0.3, -0.25) is 19.7 Å². The van der Waals surface area contributed by atoms with E-state index in [1.165, 1.54) is 23.3 Å².